The largest absolute Gasteiger partial charge is 0.375 e. The molecule has 130 valence electrons. The smallest absolute Gasteiger partial charge is 0.274 e. The number of hydrogen-bond acceptors (Lipinski definition) is 5. The van der Waals surface area contributed by atoms with Crippen LogP contribution in [0.4, 0.5) is 5.69 Å². The van der Waals surface area contributed by atoms with Crippen molar-refractivity contribution in [1.29, 1.82) is 0 Å². The summed E-state index contributed by atoms with van der Waals surface area (Å²) in [7, 11) is -1.65. The first-order valence-electron chi connectivity index (χ1n) is 7.33. The summed E-state index contributed by atoms with van der Waals surface area (Å²) in [6.07, 6.45) is 0. The molecule has 2 heterocycles. The minimum atomic E-state index is -3.08. The lowest BCUT2D eigenvalue weighted by Crippen LogP contribution is -2.38. The van der Waals surface area contributed by atoms with Crippen molar-refractivity contribution in [3.05, 3.63) is 28.8 Å². The predicted octanol–water partition coefficient (Wildman–Crippen LogP) is 1.90. The van der Waals surface area contributed by atoms with Crippen LogP contribution in [0.25, 0.3) is 0 Å². The van der Waals surface area contributed by atoms with Crippen molar-refractivity contribution < 1.29 is 17.9 Å². The van der Waals surface area contributed by atoms with Gasteiger partial charge in [-0.1, -0.05) is 23.4 Å². The van der Waals surface area contributed by atoms with E-state index in [0.717, 1.165) is 11.3 Å². The first-order valence-corrected chi connectivity index (χ1v) is 10.4. The summed E-state index contributed by atoms with van der Waals surface area (Å²) in [6.45, 7) is 1.79. The molecule has 0 aromatic heterocycles. The first kappa shape index (κ1) is 17.7. The highest BCUT2D eigenvalue weighted by molar-refractivity contribution is 8.16. The molecule has 6 nitrogen and oxygen atoms in total. The minimum absolute atomic E-state index is 0.0597. The average Bonchev–Trinajstić information content (AvgIpc) is 2.91. The van der Waals surface area contributed by atoms with E-state index in [-0.39, 0.29) is 35.3 Å². The molecule has 1 amide bonds. The van der Waals surface area contributed by atoms with E-state index in [1.807, 2.05) is 24.0 Å². The van der Waals surface area contributed by atoms with Crippen LogP contribution in [0.5, 0.6) is 0 Å². The molecule has 2 atom stereocenters. The van der Waals surface area contributed by atoms with Crippen LogP contribution in [-0.4, -0.2) is 56.0 Å². The maximum atomic E-state index is 12.0. The molecular weight excluding hydrogens is 372 g/mol. The second-order valence-electron chi connectivity index (χ2n) is 5.82. The van der Waals surface area contributed by atoms with Crippen molar-refractivity contribution in [3.63, 3.8) is 0 Å². The van der Waals surface area contributed by atoms with Crippen LogP contribution in [0.3, 0.4) is 0 Å². The van der Waals surface area contributed by atoms with Crippen molar-refractivity contribution in [1.82, 2.24) is 0 Å². The molecule has 2 aliphatic rings. The molecule has 24 heavy (non-hydrogen) atoms. The van der Waals surface area contributed by atoms with Crippen LogP contribution in [0.1, 0.15) is 5.56 Å². The monoisotopic (exact) mass is 388 g/mol. The van der Waals surface area contributed by atoms with Gasteiger partial charge in [0.1, 0.15) is 6.61 Å². The third-order valence-electron chi connectivity index (χ3n) is 3.97. The lowest BCUT2D eigenvalue weighted by atomic mass is 10.1. The molecule has 1 aromatic rings. The number of methoxy groups -OCH3 is 1. The third-order valence-corrected chi connectivity index (χ3v) is 7.42. The standard InChI is InChI=1S/C15H17ClN2O4S2/c1-9-5-10(16)3-4-11(9)18-12-7-24(20,21)8-13(12)23-15(18)17-14(19)6-22-2/h3-5,12-13H,6-8H2,1-2H3. The quantitative estimate of drug-likeness (QED) is 0.787. The fraction of sp³-hybridized carbons (Fsp3) is 0.467. The van der Waals surface area contributed by atoms with Gasteiger partial charge in [0, 0.05) is 23.1 Å². The molecular formula is C15H17ClN2O4S2. The number of fused-ring (bicyclic) bond motifs is 1. The third kappa shape index (κ3) is 3.46. The highest BCUT2D eigenvalue weighted by Gasteiger charge is 2.49. The number of thioether (sulfide) groups is 1. The van der Waals surface area contributed by atoms with E-state index in [4.69, 9.17) is 16.3 Å². The van der Waals surface area contributed by atoms with Gasteiger partial charge in [0.2, 0.25) is 0 Å². The van der Waals surface area contributed by atoms with Gasteiger partial charge in [0.15, 0.2) is 15.0 Å². The van der Waals surface area contributed by atoms with Gasteiger partial charge in [0.25, 0.3) is 5.91 Å². The number of sulfone groups is 1. The Labute approximate surface area is 150 Å². The van der Waals surface area contributed by atoms with E-state index < -0.39 is 9.84 Å². The number of anilines is 1. The topological polar surface area (TPSA) is 76.0 Å². The number of amidine groups is 1. The number of carbonyl (C=O) groups is 1. The molecule has 0 spiro atoms. The van der Waals surface area contributed by atoms with E-state index in [0.29, 0.717) is 10.2 Å². The van der Waals surface area contributed by atoms with Crippen molar-refractivity contribution in [2.75, 3.05) is 30.1 Å². The van der Waals surface area contributed by atoms with Gasteiger partial charge >= 0.3 is 0 Å². The van der Waals surface area contributed by atoms with E-state index in [2.05, 4.69) is 4.99 Å². The molecule has 2 unspecified atom stereocenters. The molecule has 2 saturated heterocycles. The number of rotatable bonds is 3. The normalized spacial score (nSPS) is 26.8. The van der Waals surface area contributed by atoms with Crippen LogP contribution < -0.4 is 4.90 Å². The molecule has 0 radical (unpaired) electrons. The number of ether oxygens (including phenoxy) is 1. The minimum Gasteiger partial charge on any atom is -0.375 e. The number of aryl methyl sites for hydroxylation is 1. The summed E-state index contributed by atoms with van der Waals surface area (Å²) in [5, 5.41) is 0.999. The van der Waals surface area contributed by atoms with Crippen molar-refractivity contribution in [3.8, 4) is 0 Å². The lowest BCUT2D eigenvalue weighted by molar-refractivity contribution is -0.121. The van der Waals surface area contributed by atoms with Crippen molar-refractivity contribution >= 4 is 50.0 Å². The summed E-state index contributed by atoms with van der Waals surface area (Å²) < 4.78 is 28.8. The van der Waals surface area contributed by atoms with Gasteiger partial charge in [-0.15, -0.1) is 0 Å². The van der Waals surface area contributed by atoms with Crippen LogP contribution >= 0.6 is 23.4 Å². The molecule has 0 N–H and O–H groups in total. The number of hydrogen-bond donors (Lipinski definition) is 0. The fourth-order valence-electron chi connectivity index (χ4n) is 3.00. The highest BCUT2D eigenvalue weighted by Crippen LogP contribution is 2.42. The van der Waals surface area contributed by atoms with E-state index >= 15 is 0 Å². The van der Waals surface area contributed by atoms with Gasteiger partial charge in [-0.3, -0.25) is 4.79 Å². The summed E-state index contributed by atoms with van der Waals surface area (Å²) in [5.74, 6) is -0.229. The van der Waals surface area contributed by atoms with Gasteiger partial charge in [0.05, 0.1) is 17.5 Å². The van der Waals surface area contributed by atoms with Crippen LogP contribution in [0, 0.1) is 6.92 Å². The summed E-state index contributed by atoms with van der Waals surface area (Å²) in [5.41, 5.74) is 1.72. The van der Waals surface area contributed by atoms with Crippen LogP contribution in [-0.2, 0) is 19.4 Å². The SMILES string of the molecule is COCC(=O)N=C1SC2CS(=O)(=O)CC2N1c1ccc(Cl)cc1C. The number of nitrogens with zero attached hydrogens (tertiary/aromatic N) is 2. The zero-order valence-electron chi connectivity index (χ0n) is 13.2. The van der Waals surface area contributed by atoms with Crippen LogP contribution in [0.15, 0.2) is 23.2 Å². The number of halogens is 1. The molecule has 0 bridgehead atoms. The van der Waals surface area contributed by atoms with Gasteiger partial charge in [-0.2, -0.15) is 4.99 Å². The van der Waals surface area contributed by atoms with Crippen molar-refractivity contribution in [2.45, 2.75) is 18.2 Å². The highest BCUT2D eigenvalue weighted by atomic mass is 35.5. The molecule has 1 aromatic carbocycles. The molecule has 0 aliphatic carbocycles. The Morgan fingerprint density at radius 1 is 1.46 bits per heavy atom. The Morgan fingerprint density at radius 2 is 2.21 bits per heavy atom. The maximum absolute atomic E-state index is 12.0. The number of carbonyl (C=O) groups excluding carboxylic acids is 1. The van der Waals surface area contributed by atoms with E-state index in [1.54, 1.807) is 6.07 Å². The maximum Gasteiger partial charge on any atom is 0.274 e. The van der Waals surface area contributed by atoms with Gasteiger partial charge < -0.3 is 9.64 Å². The second kappa shape index (κ2) is 6.67. The van der Waals surface area contributed by atoms with Gasteiger partial charge in [-0.25, -0.2) is 8.42 Å². The van der Waals surface area contributed by atoms with Gasteiger partial charge in [-0.05, 0) is 30.7 Å². The van der Waals surface area contributed by atoms with Crippen LogP contribution in [0.2, 0.25) is 5.02 Å². The number of aliphatic imine (C=N–C) groups is 1. The zero-order valence-corrected chi connectivity index (χ0v) is 15.6. The molecule has 2 fully saturated rings. The fourth-order valence-corrected chi connectivity index (χ4v) is 7.15. The summed E-state index contributed by atoms with van der Waals surface area (Å²) in [4.78, 5) is 17.9. The Bertz CT molecular complexity index is 810. The first-order chi connectivity index (χ1) is 11.3. The molecule has 9 heteroatoms. The Balaban J connectivity index is 2.03. The Hall–Kier alpha value is -1.09. The Kier molecular flexibility index (Phi) is 4.92. The second-order valence-corrected chi connectivity index (χ2v) is 9.62. The zero-order chi connectivity index (χ0) is 17.5. The van der Waals surface area contributed by atoms with E-state index in [1.165, 1.54) is 18.9 Å². The Morgan fingerprint density at radius 3 is 2.88 bits per heavy atom. The van der Waals surface area contributed by atoms with E-state index in [9.17, 15) is 13.2 Å². The molecule has 0 saturated carbocycles. The summed E-state index contributed by atoms with van der Waals surface area (Å²) >= 11 is 7.36. The molecule has 2 aliphatic heterocycles. The average molecular weight is 389 g/mol. The number of benzene rings is 1. The lowest BCUT2D eigenvalue weighted by Gasteiger charge is -2.26. The number of amides is 1. The molecule has 3 rings (SSSR count). The summed E-state index contributed by atoms with van der Waals surface area (Å²) in [6, 6.07) is 5.17. The van der Waals surface area contributed by atoms with Crippen molar-refractivity contribution in [2.24, 2.45) is 4.99 Å². The predicted molar refractivity (Wildman–Crippen MR) is 96.8 cm³/mol.